The highest BCUT2D eigenvalue weighted by molar-refractivity contribution is 7.99. The molecule has 0 radical (unpaired) electrons. The minimum atomic E-state index is -2.18. The maximum atomic E-state index is 13.8. The third-order valence-electron chi connectivity index (χ3n) is 5.13. The zero-order valence-electron chi connectivity index (χ0n) is 14.8. The molecule has 140 valence electrons. The highest BCUT2D eigenvalue weighted by Crippen LogP contribution is 2.33. The van der Waals surface area contributed by atoms with E-state index in [9.17, 15) is 13.4 Å². The van der Waals surface area contributed by atoms with Gasteiger partial charge in [0, 0.05) is 40.2 Å². The molecule has 1 aromatic heterocycles. The molecular formula is C21H20FNO3S. The predicted molar refractivity (Wildman–Crippen MR) is 106 cm³/mol. The van der Waals surface area contributed by atoms with Gasteiger partial charge in [-0.25, -0.2) is 4.39 Å². The number of aliphatic hydroxyl groups is 1. The third kappa shape index (κ3) is 3.31. The smallest absolute Gasteiger partial charge is 0.188 e. The van der Waals surface area contributed by atoms with Crippen LogP contribution >= 0.6 is 0 Å². The fourth-order valence-electron chi connectivity index (χ4n) is 3.76. The zero-order valence-corrected chi connectivity index (χ0v) is 15.6. The molecule has 0 saturated heterocycles. The lowest BCUT2D eigenvalue weighted by molar-refractivity contribution is 0.0903. The first-order valence-electron chi connectivity index (χ1n) is 8.73. The molecule has 1 aliphatic heterocycles. The lowest BCUT2D eigenvalue weighted by Crippen LogP contribution is -2.20. The number of rotatable bonds is 4. The summed E-state index contributed by atoms with van der Waals surface area (Å²) in [6.07, 6.45) is 0.648. The Bertz CT molecular complexity index is 1140. The summed E-state index contributed by atoms with van der Waals surface area (Å²) in [7, 11) is -2.18. The summed E-state index contributed by atoms with van der Waals surface area (Å²) in [5.41, 5.74) is 4.39. The first-order chi connectivity index (χ1) is 12.9. The largest absolute Gasteiger partial charge is 0.388 e. The molecule has 27 heavy (non-hydrogen) atoms. The number of aromatic nitrogens is 1. The SMILES string of the molecule is C=S1(=O)CCc2c(c3cc(F)ccc3n2Cc2ccc(C(=O)CO)cc2)C1. The van der Waals surface area contributed by atoms with Crippen molar-refractivity contribution in [3.05, 3.63) is 70.7 Å². The van der Waals surface area contributed by atoms with Crippen LogP contribution in [0.5, 0.6) is 0 Å². The molecule has 1 unspecified atom stereocenters. The van der Waals surface area contributed by atoms with Crippen LogP contribution in [-0.2, 0) is 28.2 Å². The van der Waals surface area contributed by atoms with E-state index in [0.717, 1.165) is 27.7 Å². The number of halogens is 1. The van der Waals surface area contributed by atoms with Gasteiger partial charge in [-0.1, -0.05) is 24.3 Å². The van der Waals surface area contributed by atoms with Gasteiger partial charge in [0.05, 0.1) is 0 Å². The van der Waals surface area contributed by atoms with Gasteiger partial charge < -0.3 is 9.67 Å². The average molecular weight is 385 g/mol. The Hall–Kier alpha value is -2.44. The molecule has 1 N–H and O–H groups in total. The number of hydrogen-bond acceptors (Lipinski definition) is 3. The maximum Gasteiger partial charge on any atom is 0.188 e. The van der Waals surface area contributed by atoms with Crippen LogP contribution in [0.2, 0.25) is 0 Å². The van der Waals surface area contributed by atoms with Crippen LogP contribution in [0.15, 0.2) is 42.5 Å². The zero-order chi connectivity index (χ0) is 19.2. The summed E-state index contributed by atoms with van der Waals surface area (Å²) in [5, 5.41) is 9.77. The molecule has 2 aromatic carbocycles. The Morgan fingerprint density at radius 1 is 1.22 bits per heavy atom. The Morgan fingerprint density at radius 3 is 2.67 bits per heavy atom. The molecule has 0 fully saturated rings. The van der Waals surface area contributed by atoms with Gasteiger partial charge in [0.25, 0.3) is 0 Å². The van der Waals surface area contributed by atoms with Gasteiger partial charge in [0.2, 0.25) is 0 Å². The summed E-state index contributed by atoms with van der Waals surface area (Å²) in [5.74, 6) is 4.14. The number of aliphatic hydroxyl groups excluding tert-OH is 1. The summed E-state index contributed by atoms with van der Waals surface area (Å²) in [4.78, 5) is 11.6. The van der Waals surface area contributed by atoms with Crippen LogP contribution < -0.4 is 0 Å². The molecule has 1 atom stereocenters. The van der Waals surface area contributed by atoms with E-state index in [4.69, 9.17) is 5.11 Å². The maximum absolute atomic E-state index is 13.8. The summed E-state index contributed by atoms with van der Waals surface area (Å²) in [6, 6.07) is 11.8. The summed E-state index contributed by atoms with van der Waals surface area (Å²) >= 11 is 0. The lowest BCUT2D eigenvalue weighted by Gasteiger charge is -2.19. The van der Waals surface area contributed by atoms with Gasteiger partial charge in [0.15, 0.2) is 5.78 Å². The second-order valence-corrected chi connectivity index (χ2v) is 9.64. The fraction of sp³-hybridized carbons (Fsp3) is 0.238. The van der Waals surface area contributed by atoms with Crippen LogP contribution in [0.25, 0.3) is 10.9 Å². The highest BCUT2D eigenvalue weighted by atomic mass is 32.2. The van der Waals surface area contributed by atoms with Crippen molar-refractivity contribution < 1.29 is 18.5 Å². The molecule has 6 heteroatoms. The van der Waals surface area contributed by atoms with E-state index in [2.05, 4.69) is 10.4 Å². The molecule has 0 spiro atoms. The van der Waals surface area contributed by atoms with Crippen LogP contribution in [0.4, 0.5) is 4.39 Å². The quantitative estimate of drug-likeness (QED) is 0.555. The minimum absolute atomic E-state index is 0.310. The van der Waals surface area contributed by atoms with E-state index < -0.39 is 16.1 Å². The Kier molecular flexibility index (Phi) is 4.40. The second-order valence-electron chi connectivity index (χ2n) is 7.02. The van der Waals surface area contributed by atoms with E-state index in [1.165, 1.54) is 12.1 Å². The molecule has 2 heterocycles. The minimum Gasteiger partial charge on any atom is -0.388 e. The molecule has 0 saturated carbocycles. The normalized spacial score (nSPS) is 19.2. The molecule has 1 aliphatic rings. The molecule has 4 rings (SSSR count). The standard InChI is InChI=1S/C21H20FNO3S/c1-27(26)9-8-20-18(13-27)17-10-16(22)6-7-19(17)23(20)11-14-2-4-15(5-3-14)21(25)12-24/h2-7,10,24H,1,8-9,11-13H2. The molecule has 4 nitrogen and oxygen atoms in total. The summed E-state index contributed by atoms with van der Waals surface area (Å²) < 4.78 is 28.5. The molecule has 0 bridgehead atoms. The van der Waals surface area contributed by atoms with E-state index in [1.54, 1.807) is 18.2 Å². The van der Waals surface area contributed by atoms with Gasteiger partial charge in [-0.3, -0.25) is 9.00 Å². The Labute approximate surface area is 157 Å². The monoisotopic (exact) mass is 385 g/mol. The highest BCUT2D eigenvalue weighted by Gasteiger charge is 2.25. The predicted octanol–water partition coefficient (Wildman–Crippen LogP) is 2.78. The van der Waals surface area contributed by atoms with Gasteiger partial charge >= 0.3 is 0 Å². The second kappa shape index (κ2) is 6.62. The third-order valence-corrected chi connectivity index (χ3v) is 6.89. The average Bonchev–Trinajstić information content (AvgIpc) is 2.93. The Morgan fingerprint density at radius 2 is 1.96 bits per heavy atom. The number of fused-ring (bicyclic) bond motifs is 3. The number of carbonyl (C=O) groups is 1. The topological polar surface area (TPSA) is 59.3 Å². The van der Waals surface area contributed by atoms with Crippen LogP contribution in [0, 0.1) is 5.82 Å². The van der Waals surface area contributed by atoms with E-state index >= 15 is 0 Å². The van der Waals surface area contributed by atoms with E-state index in [1.807, 2.05) is 12.1 Å². The van der Waals surface area contributed by atoms with Gasteiger partial charge in [-0.05, 0) is 51.1 Å². The van der Waals surface area contributed by atoms with Crippen molar-refractivity contribution in [2.45, 2.75) is 18.7 Å². The van der Waals surface area contributed by atoms with Crippen LogP contribution in [-0.4, -0.2) is 37.9 Å². The molecule has 3 aromatic rings. The van der Waals surface area contributed by atoms with Crippen molar-refractivity contribution in [1.82, 2.24) is 4.57 Å². The number of nitrogens with zero attached hydrogens (tertiary/aromatic N) is 1. The van der Waals surface area contributed by atoms with Crippen LogP contribution in [0.3, 0.4) is 0 Å². The van der Waals surface area contributed by atoms with Crippen molar-refractivity contribution in [2.24, 2.45) is 0 Å². The van der Waals surface area contributed by atoms with Crippen molar-refractivity contribution in [3.63, 3.8) is 0 Å². The van der Waals surface area contributed by atoms with Gasteiger partial charge in [-0.15, -0.1) is 0 Å². The van der Waals surface area contributed by atoms with E-state index in [0.29, 0.717) is 30.0 Å². The fourth-order valence-corrected chi connectivity index (χ4v) is 5.32. The van der Waals surface area contributed by atoms with Crippen LogP contribution in [0.1, 0.15) is 27.2 Å². The van der Waals surface area contributed by atoms with E-state index in [-0.39, 0.29) is 11.6 Å². The van der Waals surface area contributed by atoms with Crippen molar-refractivity contribution in [2.75, 3.05) is 12.4 Å². The van der Waals surface area contributed by atoms with Gasteiger partial charge in [-0.2, -0.15) is 0 Å². The van der Waals surface area contributed by atoms with Crippen molar-refractivity contribution in [1.29, 1.82) is 0 Å². The van der Waals surface area contributed by atoms with Crippen molar-refractivity contribution in [3.8, 4) is 0 Å². The molecule has 0 amide bonds. The molecule has 0 aliphatic carbocycles. The Balaban J connectivity index is 1.79. The number of Topliss-reactive ketones (excluding diaryl/α,β-unsaturated/α-hetero) is 1. The summed E-state index contributed by atoms with van der Waals surface area (Å²) in [6.45, 7) is 0.0639. The number of benzene rings is 2. The first-order valence-corrected chi connectivity index (χ1v) is 10.8. The number of hydrogen-bond donors (Lipinski definition) is 1. The van der Waals surface area contributed by atoms with Gasteiger partial charge in [0.1, 0.15) is 12.4 Å². The number of carbonyl (C=O) groups excluding carboxylic acids is 1. The first kappa shape index (κ1) is 17.9. The van der Waals surface area contributed by atoms with Crippen molar-refractivity contribution >= 4 is 32.1 Å². The number of ketones is 1. The lowest BCUT2D eigenvalue weighted by atomic mass is 10.1. The molecular weight excluding hydrogens is 365 g/mol.